The summed E-state index contributed by atoms with van der Waals surface area (Å²) in [6.07, 6.45) is 9.00. The smallest absolute Gasteiger partial charge is 0.373 e. The molecule has 170 valence electrons. The SMILES string of the molecule is C#CCOc1c(CC=C)cc(/C=C2\NC(=O)N(Cc3ccc(C(=O)OC)o3)C2=O)cc1OC. The second kappa shape index (κ2) is 10.2. The van der Waals surface area contributed by atoms with Crippen molar-refractivity contribution in [2.45, 2.75) is 13.0 Å². The minimum absolute atomic E-state index is 0.0238. The van der Waals surface area contributed by atoms with Gasteiger partial charge in [0, 0.05) is 5.56 Å². The molecule has 1 N–H and O–H groups in total. The van der Waals surface area contributed by atoms with Gasteiger partial charge in [-0.2, -0.15) is 0 Å². The predicted octanol–water partition coefficient (Wildman–Crippen LogP) is 2.91. The highest BCUT2D eigenvalue weighted by Crippen LogP contribution is 2.34. The van der Waals surface area contributed by atoms with Crippen molar-refractivity contribution in [3.05, 3.63) is 65.3 Å². The quantitative estimate of drug-likeness (QED) is 0.206. The van der Waals surface area contributed by atoms with Crippen LogP contribution in [0, 0.1) is 12.3 Å². The van der Waals surface area contributed by atoms with Crippen molar-refractivity contribution >= 4 is 24.0 Å². The summed E-state index contributed by atoms with van der Waals surface area (Å²) in [5.74, 6) is 2.35. The molecule has 0 radical (unpaired) electrons. The zero-order valence-corrected chi connectivity index (χ0v) is 18.2. The molecular weight excluding hydrogens is 428 g/mol. The summed E-state index contributed by atoms with van der Waals surface area (Å²) in [6, 6.07) is 5.75. The number of rotatable bonds is 9. The number of imide groups is 1. The molecular formula is C24H22N2O7. The highest BCUT2D eigenvalue weighted by atomic mass is 16.5. The molecule has 1 fully saturated rings. The maximum absolute atomic E-state index is 12.8. The monoisotopic (exact) mass is 450 g/mol. The van der Waals surface area contributed by atoms with Crippen molar-refractivity contribution in [1.82, 2.24) is 10.2 Å². The molecule has 0 spiro atoms. The van der Waals surface area contributed by atoms with Crippen molar-refractivity contribution in [3.8, 4) is 23.8 Å². The Morgan fingerprint density at radius 2 is 2.09 bits per heavy atom. The number of urea groups is 1. The maximum atomic E-state index is 12.8. The molecule has 1 aromatic carbocycles. The van der Waals surface area contributed by atoms with Gasteiger partial charge in [0.25, 0.3) is 5.91 Å². The number of amides is 3. The van der Waals surface area contributed by atoms with Gasteiger partial charge in [-0.05, 0) is 42.3 Å². The van der Waals surface area contributed by atoms with Crippen molar-refractivity contribution in [1.29, 1.82) is 0 Å². The van der Waals surface area contributed by atoms with E-state index < -0.39 is 17.9 Å². The highest BCUT2D eigenvalue weighted by molar-refractivity contribution is 6.13. The second-order valence-corrected chi connectivity index (χ2v) is 6.83. The minimum atomic E-state index is -0.655. The molecule has 9 heteroatoms. The van der Waals surface area contributed by atoms with E-state index >= 15 is 0 Å². The summed E-state index contributed by atoms with van der Waals surface area (Å²) in [7, 11) is 2.71. The maximum Gasteiger partial charge on any atom is 0.373 e. The summed E-state index contributed by atoms with van der Waals surface area (Å²) in [5, 5.41) is 2.55. The van der Waals surface area contributed by atoms with Gasteiger partial charge in [-0.3, -0.25) is 9.69 Å². The van der Waals surface area contributed by atoms with Gasteiger partial charge in [0.2, 0.25) is 5.76 Å². The number of ether oxygens (including phenoxy) is 3. The van der Waals surface area contributed by atoms with Gasteiger partial charge >= 0.3 is 12.0 Å². The number of nitrogens with one attached hydrogen (secondary N) is 1. The predicted molar refractivity (Wildman–Crippen MR) is 118 cm³/mol. The number of allylic oxidation sites excluding steroid dienone is 1. The largest absolute Gasteiger partial charge is 0.493 e. The lowest BCUT2D eigenvalue weighted by molar-refractivity contribution is -0.123. The van der Waals surface area contributed by atoms with E-state index in [-0.39, 0.29) is 30.4 Å². The molecule has 1 aliphatic heterocycles. The molecule has 1 aliphatic rings. The van der Waals surface area contributed by atoms with Crippen LogP contribution >= 0.6 is 0 Å². The van der Waals surface area contributed by atoms with Gasteiger partial charge in [-0.1, -0.05) is 12.0 Å². The van der Waals surface area contributed by atoms with Crippen LogP contribution in [-0.2, 0) is 22.5 Å². The molecule has 33 heavy (non-hydrogen) atoms. The lowest BCUT2D eigenvalue weighted by Crippen LogP contribution is -2.30. The highest BCUT2D eigenvalue weighted by Gasteiger charge is 2.34. The molecule has 0 saturated carbocycles. The van der Waals surface area contributed by atoms with Gasteiger partial charge in [0.05, 0.1) is 20.8 Å². The molecule has 0 bridgehead atoms. The molecule has 0 unspecified atom stereocenters. The molecule has 2 aromatic rings. The van der Waals surface area contributed by atoms with Gasteiger partial charge in [-0.25, -0.2) is 9.59 Å². The van der Waals surface area contributed by atoms with Crippen LogP contribution in [0.4, 0.5) is 4.79 Å². The second-order valence-electron chi connectivity index (χ2n) is 6.83. The van der Waals surface area contributed by atoms with Crippen LogP contribution in [0.2, 0.25) is 0 Å². The zero-order valence-electron chi connectivity index (χ0n) is 18.2. The number of carbonyl (C=O) groups is 3. The number of hydrogen-bond donors (Lipinski definition) is 1. The van der Waals surface area contributed by atoms with E-state index in [1.807, 2.05) is 0 Å². The summed E-state index contributed by atoms with van der Waals surface area (Å²) < 4.78 is 21.0. The number of carbonyl (C=O) groups excluding carboxylic acids is 3. The Labute approximate surface area is 190 Å². The van der Waals surface area contributed by atoms with Crippen molar-refractivity contribution < 1.29 is 33.0 Å². The third-order valence-corrected chi connectivity index (χ3v) is 4.67. The summed E-state index contributed by atoms with van der Waals surface area (Å²) in [5.41, 5.74) is 1.43. The van der Waals surface area contributed by atoms with Gasteiger partial charge in [0.15, 0.2) is 11.5 Å². The lowest BCUT2D eigenvalue weighted by Gasteiger charge is -2.14. The fraction of sp³-hybridized carbons (Fsp3) is 0.208. The number of methoxy groups -OCH3 is 2. The summed E-state index contributed by atoms with van der Waals surface area (Å²) in [4.78, 5) is 37.7. The Hall–Kier alpha value is -4.45. The molecule has 3 amide bonds. The number of benzene rings is 1. The van der Waals surface area contributed by atoms with Crippen LogP contribution in [0.25, 0.3) is 6.08 Å². The number of nitrogens with zero attached hydrogens (tertiary/aromatic N) is 1. The van der Waals surface area contributed by atoms with Gasteiger partial charge < -0.3 is 23.9 Å². The number of esters is 1. The van der Waals surface area contributed by atoms with Gasteiger partial charge in [-0.15, -0.1) is 13.0 Å². The molecule has 2 heterocycles. The Morgan fingerprint density at radius 1 is 1.30 bits per heavy atom. The zero-order chi connectivity index (χ0) is 24.0. The van der Waals surface area contributed by atoms with E-state index in [2.05, 4.69) is 22.6 Å². The molecule has 9 nitrogen and oxygen atoms in total. The third-order valence-electron chi connectivity index (χ3n) is 4.67. The van der Waals surface area contributed by atoms with Crippen molar-refractivity contribution in [2.75, 3.05) is 20.8 Å². The summed E-state index contributed by atoms with van der Waals surface area (Å²) in [6.45, 7) is 3.66. The number of hydrogen-bond acceptors (Lipinski definition) is 7. The Bertz CT molecular complexity index is 1170. The van der Waals surface area contributed by atoms with Gasteiger partial charge in [0.1, 0.15) is 18.1 Å². The Kier molecular flexibility index (Phi) is 7.20. The third kappa shape index (κ3) is 5.07. The fourth-order valence-electron chi connectivity index (χ4n) is 3.21. The van der Waals surface area contributed by atoms with E-state index in [4.69, 9.17) is 20.3 Å². The molecule has 3 rings (SSSR count). The van der Waals surface area contributed by atoms with E-state index in [9.17, 15) is 14.4 Å². The first-order valence-corrected chi connectivity index (χ1v) is 9.81. The van der Waals surface area contributed by atoms with Crippen LogP contribution in [0.5, 0.6) is 11.5 Å². The molecule has 1 aromatic heterocycles. The van der Waals surface area contributed by atoms with E-state index in [0.717, 1.165) is 10.5 Å². The van der Waals surface area contributed by atoms with Crippen molar-refractivity contribution in [3.63, 3.8) is 0 Å². The Morgan fingerprint density at radius 3 is 2.76 bits per heavy atom. The number of furan rings is 1. The normalized spacial score (nSPS) is 14.1. The average Bonchev–Trinajstić information content (AvgIpc) is 3.38. The first-order chi connectivity index (χ1) is 15.9. The average molecular weight is 450 g/mol. The minimum Gasteiger partial charge on any atom is -0.493 e. The number of terminal acetylenes is 1. The molecule has 0 aliphatic carbocycles. The van der Waals surface area contributed by atoms with Crippen LogP contribution in [-0.4, -0.2) is 43.6 Å². The van der Waals surface area contributed by atoms with E-state index in [1.54, 1.807) is 18.2 Å². The van der Waals surface area contributed by atoms with E-state index in [0.29, 0.717) is 23.5 Å². The topological polar surface area (TPSA) is 107 Å². The first-order valence-electron chi connectivity index (χ1n) is 9.81. The Balaban J connectivity index is 1.87. The lowest BCUT2D eigenvalue weighted by atomic mass is 10.0. The van der Waals surface area contributed by atoms with Crippen LogP contribution in [0.3, 0.4) is 0 Å². The van der Waals surface area contributed by atoms with E-state index in [1.165, 1.54) is 32.4 Å². The standard InChI is InChI=1S/C24H22N2O7/c1-5-7-16-11-15(13-20(30-3)21(16)32-10-6-2)12-18-22(27)26(24(29)25-18)14-17-8-9-19(33-17)23(28)31-4/h2,5,8-9,11-13H,1,7,10,14H2,3-4H3,(H,25,29)/b18-12-. The van der Waals surface area contributed by atoms with Crippen LogP contribution < -0.4 is 14.8 Å². The van der Waals surface area contributed by atoms with Crippen molar-refractivity contribution in [2.24, 2.45) is 0 Å². The van der Waals surface area contributed by atoms with Crippen LogP contribution in [0.1, 0.15) is 27.4 Å². The fourth-order valence-corrected chi connectivity index (χ4v) is 3.21. The first kappa shape index (κ1) is 23.2. The molecule has 0 atom stereocenters. The summed E-state index contributed by atoms with van der Waals surface area (Å²) >= 11 is 0. The van der Waals surface area contributed by atoms with Crippen LogP contribution in [0.15, 0.2) is 47.0 Å². The molecule has 1 saturated heterocycles.